The van der Waals surface area contributed by atoms with Crippen molar-refractivity contribution < 1.29 is 17.9 Å². The second-order valence-electron chi connectivity index (χ2n) is 6.90. The van der Waals surface area contributed by atoms with Crippen LogP contribution in [0.25, 0.3) is 0 Å². The Kier molecular flexibility index (Phi) is 7.76. The van der Waals surface area contributed by atoms with E-state index in [1.54, 1.807) is 24.3 Å². The summed E-state index contributed by atoms with van der Waals surface area (Å²) in [6.07, 6.45) is 0.753. The summed E-state index contributed by atoms with van der Waals surface area (Å²) in [5.41, 5.74) is 5.10. The van der Waals surface area contributed by atoms with Crippen LogP contribution in [0.3, 0.4) is 0 Å². The number of amides is 1. The van der Waals surface area contributed by atoms with Crippen LogP contribution < -0.4 is 5.43 Å². The number of nitrogens with zero attached hydrogens (tertiary/aromatic N) is 2. The van der Waals surface area contributed by atoms with Crippen LogP contribution in [-0.4, -0.2) is 50.6 Å². The molecular weight excluding hydrogens is 470 g/mol. The highest BCUT2D eigenvalue weighted by Gasteiger charge is 2.26. The zero-order valence-corrected chi connectivity index (χ0v) is 19.1. The Morgan fingerprint density at radius 1 is 1.10 bits per heavy atom. The van der Waals surface area contributed by atoms with E-state index >= 15 is 0 Å². The molecule has 1 amide bonds. The van der Waals surface area contributed by atoms with Crippen LogP contribution in [0.4, 0.5) is 0 Å². The van der Waals surface area contributed by atoms with Crippen molar-refractivity contribution in [1.82, 2.24) is 9.73 Å². The first-order valence-corrected chi connectivity index (χ1v) is 11.9. The lowest BCUT2D eigenvalue weighted by molar-refractivity contribution is -0.121. The summed E-state index contributed by atoms with van der Waals surface area (Å²) >= 11 is 3.38. The van der Waals surface area contributed by atoms with E-state index in [4.69, 9.17) is 4.74 Å². The Balaban J connectivity index is 1.52. The average molecular weight is 494 g/mol. The second kappa shape index (κ2) is 10.3. The zero-order chi connectivity index (χ0) is 21.6. The van der Waals surface area contributed by atoms with Crippen LogP contribution in [0.5, 0.6) is 0 Å². The standard InChI is InChI=1S/C21H24BrN3O4S/c1-16(18-5-7-19(22)8-6-18)23-24-21(26)11-4-17-2-9-20(10-3-17)30(27,28)25-12-14-29-15-13-25/h2-3,5-10H,4,11-15H2,1H3,(H,24,26)/b23-16+. The van der Waals surface area contributed by atoms with Gasteiger partial charge in [-0.2, -0.15) is 9.41 Å². The van der Waals surface area contributed by atoms with Crippen molar-refractivity contribution in [3.05, 3.63) is 64.1 Å². The summed E-state index contributed by atoms with van der Waals surface area (Å²) in [7, 11) is -3.50. The SMILES string of the molecule is C/C(=N\NC(=O)CCc1ccc(S(=O)(=O)N2CCOCC2)cc1)c1ccc(Br)cc1. The molecule has 1 N–H and O–H groups in total. The molecule has 160 valence electrons. The number of carbonyl (C=O) groups excluding carboxylic acids is 1. The summed E-state index contributed by atoms with van der Waals surface area (Å²) < 4.78 is 32.9. The molecule has 1 fully saturated rings. The van der Waals surface area contributed by atoms with Crippen LogP contribution in [0, 0.1) is 0 Å². The number of ether oxygens (including phenoxy) is 1. The fourth-order valence-corrected chi connectivity index (χ4v) is 4.65. The predicted octanol–water partition coefficient (Wildman–Crippen LogP) is 2.94. The molecule has 0 unspecified atom stereocenters. The van der Waals surface area contributed by atoms with Crippen molar-refractivity contribution in [2.75, 3.05) is 26.3 Å². The lowest BCUT2D eigenvalue weighted by Crippen LogP contribution is -2.40. The van der Waals surface area contributed by atoms with Crippen LogP contribution in [-0.2, 0) is 26.0 Å². The summed E-state index contributed by atoms with van der Waals surface area (Å²) in [6, 6.07) is 14.3. The van der Waals surface area contributed by atoms with Crippen LogP contribution in [0.15, 0.2) is 63.0 Å². The van der Waals surface area contributed by atoms with E-state index < -0.39 is 10.0 Å². The molecule has 0 spiro atoms. The number of nitrogens with one attached hydrogen (secondary N) is 1. The fourth-order valence-electron chi connectivity index (χ4n) is 2.98. The molecule has 1 aliphatic heterocycles. The van der Waals surface area contributed by atoms with Gasteiger partial charge >= 0.3 is 0 Å². The van der Waals surface area contributed by atoms with Gasteiger partial charge in [0.05, 0.1) is 23.8 Å². The summed E-state index contributed by atoms with van der Waals surface area (Å²) in [6.45, 7) is 3.39. The molecule has 9 heteroatoms. The number of carbonyl (C=O) groups is 1. The van der Waals surface area contributed by atoms with Gasteiger partial charge in [-0.15, -0.1) is 0 Å². The van der Waals surface area contributed by atoms with E-state index in [1.807, 2.05) is 31.2 Å². The molecule has 0 bridgehead atoms. The van der Waals surface area contributed by atoms with Gasteiger partial charge in [-0.1, -0.05) is 40.2 Å². The number of sulfonamides is 1. The topological polar surface area (TPSA) is 88.1 Å². The molecule has 0 aromatic heterocycles. The third-order valence-corrected chi connectivity index (χ3v) is 7.22. The molecule has 2 aromatic rings. The molecule has 2 aromatic carbocycles. The first-order valence-electron chi connectivity index (χ1n) is 9.62. The fraction of sp³-hybridized carbons (Fsp3) is 0.333. The van der Waals surface area contributed by atoms with Gasteiger partial charge in [0, 0.05) is 24.0 Å². The number of halogens is 1. The molecule has 0 aliphatic carbocycles. The third kappa shape index (κ3) is 5.98. The number of hydrogen-bond donors (Lipinski definition) is 1. The van der Waals surface area contributed by atoms with Crippen molar-refractivity contribution in [1.29, 1.82) is 0 Å². The summed E-state index contributed by atoms with van der Waals surface area (Å²) in [4.78, 5) is 12.4. The maximum Gasteiger partial charge on any atom is 0.243 e. The average Bonchev–Trinajstić information content (AvgIpc) is 2.77. The van der Waals surface area contributed by atoms with Gasteiger partial charge in [-0.05, 0) is 48.7 Å². The highest BCUT2D eigenvalue weighted by atomic mass is 79.9. The molecule has 0 radical (unpaired) electrons. The number of aryl methyl sites for hydroxylation is 1. The Labute approximate surface area is 185 Å². The first kappa shape index (κ1) is 22.6. The number of hydrogen-bond acceptors (Lipinski definition) is 5. The summed E-state index contributed by atoms with van der Waals surface area (Å²) in [5.74, 6) is -0.198. The quantitative estimate of drug-likeness (QED) is 0.474. The molecule has 7 nitrogen and oxygen atoms in total. The van der Waals surface area contributed by atoms with Crippen molar-refractivity contribution >= 4 is 37.6 Å². The second-order valence-corrected chi connectivity index (χ2v) is 9.75. The molecule has 1 aliphatic rings. The number of morpholine rings is 1. The Morgan fingerprint density at radius 2 is 1.73 bits per heavy atom. The minimum atomic E-state index is -3.50. The van der Waals surface area contributed by atoms with E-state index in [-0.39, 0.29) is 17.2 Å². The Morgan fingerprint density at radius 3 is 2.37 bits per heavy atom. The lowest BCUT2D eigenvalue weighted by atomic mass is 10.1. The Hall–Kier alpha value is -2.07. The third-order valence-electron chi connectivity index (χ3n) is 4.78. The van der Waals surface area contributed by atoms with Crippen LogP contribution >= 0.6 is 15.9 Å². The van der Waals surface area contributed by atoms with Gasteiger partial charge in [0.1, 0.15) is 0 Å². The number of hydrazone groups is 1. The summed E-state index contributed by atoms with van der Waals surface area (Å²) in [5, 5.41) is 4.14. The van der Waals surface area contributed by atoms with E-state index in [9.17, 15) is 13.2 Å². The molecule has 0 atom stereocenters. The largest absolute Gasteiger partial charge is 0.379 e. The zero-order valence-electron chi connectivity index (χ0n) is 16.7. The number of rotatable bonds is 7. The highest BCUT2D eigenvalue weighted by Crippen LogP contribution is 2.18. The van der Waals surface area contributed by atoms with Crippen molar-refractivity contribution in [2.24, 2.45) is 5.10 Å². The Bertz CT molecular complexity index is 1000. The maximum atomic E-state index is 12.6. The molecule has 3 rings (SSSR count). The van der Waals surface area contributed by atoms with Gasteiger partial charge in [0.2, 0.25) is 15.9 Å². The molecule has 1 saturated heterocycles. The van der Waals surface area contributed by atoms with Crippen LogP contribution in [0.2, 0.25) is 0 Å². The van der Waals surface area contributed by atoms with E-state index in [2.05, 4.69) is 26.5 Å². The van der Waals surface area contributed by atoms with Crippen molar-refractivity contribution in [2.45, 2.75) is 24.7 Å². The van der Waals surface area contributed by atoms with Crippen LogP contribution in [0.1, 0.15) is 24.5 Å². The smallest absolute Gasteiger partial charge is 0.243 e. The molecule has 0 saturated carbocycles. The van der Waals surface area contributed by atoms with E-state index in [0.29, 0.717) is 38.4 Å². The van der Waals surface area contributed by atoms with Gasteiger partial charge < -0.3 is 4.74 Å². The molecule has 30 heavy (non-hydrogen) atoms. The van der Waals surface area contributed by atoms with Gasteiger partial charge in [0.15, 0.2) is 0 Å². The van der Waals surface area contributed by atoms with Gasteiger partial charge in [-0.3, -0.25) is 4.79 Å². The van der Waals surface area contributed by atoms with E-state index in [1.165, 1.54) is 4.31 Å². The normalized spacial score (nSPS) is 15.7. The molecule has 1 heterocycles. The van der Waals surface area contributed by atoms with Gasteiger partial charge in [-0.25, -0.2) is 13.8 Å². The lowest BCUT2D eigenvalue weighted by Gasteiger charge is -2.26. The molecular formula is C21H24BrN3O4S. The minimum Gasteiger partial charge on any atom is -0.379 e. The monoisotopic (exact) mass is 493 g/mol. The van der Waals surface area contributed by atoms with E-state index in [0.717, 1.165) is 15.6 Å². The number of benzene rings is 2. The van der Waals surface area contributed by atoms with Gasteiger partial charge in [0.25, 0.3) is 0 Å². The van der Waals surface area contributed by atoms with Crippen molar-refractivity contribution in [3.8, 4) is 0 Å². The predicted molar refractivity (Wildman–Crippen MR) is 119 cm³/mol. The highest BCUT2D eigenvalue weighted by molar-refractivity contribution is 9.10. The van der Waals surface area contributed by atoms with Crippen molar-refractivity contribution in [3.63, 3.8) is 0 Å². The minimum absolute atomic E-state index is 0.198. The first-order chi connectivity index (χ1) is 14.4. The maximum absolute atomic E-state index is 12.6.